The van der Waals surface area contributed by atoms with Gasteiger partial charge in [-0.15, -0.1) is 0 Å². The van der Waals surface area contributed by atoms with Crippen LogP contribution in [0.4, 0.5) is 0 Å². The van der Waals surface area contributed by atoms with Crippen LogP contribution in [0.15, 0.2) is 9.32 Å². The molecule has 1 aliphatic heterocycles. The van der Waals surface area contributed by atoms with E-state index in [0.29, 0.717) is 6.04 Å². The van der Waals surface area contributed by atoms with Crippen molar-refractivity contribution in [3.05, 3.63) is 16.1 Å². The van der Waals surface area contributed by atoms with Gasteiger partial charge in [0.15, 0.2) is 6.04 Å². The molecule has 0 amide bonds. The molecule has 0 radical (unpaired) electrons. The molecule has 0 spiro atoms. The number of hydrogen-bond donors (Lipinski definition) is 1. The van der Waals surface area contributed by atoms with Crippen molar-refractivity contribution in [2.75, 3.05) is 0 Å². The molecule has 2 unspecified atom stereocenters. The van der Waals surface area contributed by atoms with Crippen molar-refractivity contribution in [1.29, 1.82) is 0 Å². The maximum Gasteiger partial charge on any atom is 0.429 e. The highest BCUT2D eigenvalue weighted by atomic mass is 16.5. The zero-order valence-corrected chi connectivity index (χ0v) is 5.33. The zero-order chi connectivity index (χ0) is 6.72. The number of fused-ring (bicyclic) bond motifs is 3. The highest BCUT2D eigenvalue weighted by molar-refractivity contribution is 5.00. The van der Waals surface area contributed by atoms with E-state index in [2.05, 4.69) is 9.79 Å². The van der Waals surface area contributed by atoms with E-state index in [1.54, 1.807) is 0 Å². The average Bonchev–Trinajstić information content (AvgIpc) is 2.46. The first-order chi connectivity index (χ1) is 4.86. The van der Waals surface area contributed by atoms with Gasteiger partial charge in [-0.25, -0.2) is 4.79 Å². The Morgan fingerprint density at radius 1 is 1.70 bits per heavy atom. The average molecular weight is 139 g/mol. The van der Waals surface area contributed by atoms with Crippen LogP contribution in [0.2, 0.25) is 0 Å². The summed E-state index contributed by atoms with van der Waals surface area (Å²) in [6, 6.07) is 0.557. The fourth-order valence-electron chi connectivity index (χ4n) is 1.77. The number of H-pyrrole nitrogens is 1. The number of aromatic nitrogens is 2. The van der Waals surface area contributed by atoms with Crippen molar-refractivity contribution in [3.63, 3.8) is 0 Å². The first-order valence-electron chi connectivity index (χ1n) is 3.48. The van der Waals surface area contributed by atoms with Gasteiger partial charge in [-0.05, 0) is 5.27 Å². The Morgan fingerprint density at radius 3 is 3.40 bits per heavy atom. The number of nitrogens with zero attached hydrogens (tertiary/aromatic N) is 1. The maximum absolute atomic E-state index is 10.9. The summed E-state index contributed by atoms with van der Waals surface area (Å²) in [5, 5.41) is 2.61. The predicted molar refractivity (Wildman–Crippen MR) is 30.4 cm³/mol. The van der Waals surface area contributed by atoms with Crippen molar-refractivity contribution in [3.8, 4) is 0 Å². The Labute approximate surface area is 56.4 Å². The molecule has 1 fully saturated rings. The Morgan fingerprint density at radius 2 is 2.60 bits per heavy atom. The van der Waals surface area contributed by atoms with Gasteiger partial charge in [-0.3, -0.25) is 4.52 Å². The summed E-state index contributed by atoms with van der Waals surface area (Å²) in [7, 11) is 0. The summed E-state index contributed by atoms with van der Waals surface area (Å²) >= 11 is 0. The number of aromatic amines is 1. The van der Waals surface area contributed by atoms with E-state index in [0.717, 1.165) is 18.0 Å². The fourth-order valence-corrected chi connectivity index (χ4v) is 1.77. The molecule has 4 heteroatoms. The summed E-state index contributed by atoms with van der Waals surface area (Å²) in [6.07, 6.45) is 2.13. The van der Waals surface area contributed by atoms with Crippen LogP contribution in [-0.2, 0) is 6.42 Å². The highest BCUT2D eigenvalue weighted by Gasteiger charge is 2.57. The lowest BCUT2D eigenvalue weighted by Crippen LogP contribution is -2.36. The van der Waals surface area contributed by atoms with Crippen molar-refractivity contribution in [2.24, 2.45) is 5.92 Å². The second kappa shape index (κ2) is 1.19. The minimum absolute atomic E-state index is 0.188. The highest BCUT2D eigenvalue weighted by Crippen LogP contribution is 2.44. The van der Waals surface area contributed by atoms with Crippen molar-refractivity contribution in [1.82, 2.24) is 5.27 Å². The molecule has 1 aromatic rings. The first-order valence-corrected chi connectivity index (χ1v) is 3.48. The van der Waals surface area contributed by atoms with Gasteiger partial charge in [-0.1, -0.05) is 4.68 Å². The van der Waals surface area contributed by atoms with Crippen molar-refractivity contribution in [2.45, 2.75) is 18.9 Å². The molecule has 2 atom stereocenters. The number of hydrogen-bond acceptors (Lipinski definition) is 2. The normalized spacial score (nSPS) is 33.6. The second-order valence-electron chi connectivity index (χ2n) is 3.06. The van der Waals surface area contributed by atoms with Crippen LogP contribution >= 0.6 is 0 Å². The molecule has 1 saturated carbocycles. The van der Waals surface area contributed by atoms with Gasteiger partial charge < -0.3 is 0 Å². The number of rotatable bonds is 0. The van der Waals surface area contributed by atoms with Gasteiger partial charge in [0, 0.05) is 12.3 Å². The quantitative estimate of drug-likeness (QED) is 0.486. The molecule has 0 aromatic carbocycles. The maximum atomic E-state index is 10.9. The topological polar surface area (TPSA) is 49.9 Å². The van der Waals surface area contributed by atoms with E-state index >= 15 is 0 Å². The first kappa shape index (κ1) is 4.71. The van der Waals surface area contributed by atoms with Crippen LogP contribution < -0.4 is 10.3 Å². The lowest BCUT2D eigenvalue weighted by molar-refractivity contribution is -0.764. The van der Waals surface area contributed by atoms with Crippen LogP contribution in [0.5, 0.6) is 0 Å². The molecular weight excluding hydrogens is 132 g/mol. The molecule has 10 heavy (non-hydrogen) atoms. The third-order valence-corrected chi connectivity index (χ3v) is 2.44. The molecule has 2 aliphatic rings. The minimum Gasteiger partial charge on any atom is -0.283 e. The third-order valence-electron chi connectivity index (χ3n) is 2.44. The van der Waals surface area contributed by atoms with Gasteiger partial charge >= 0.3 is 5.63 Å². The lowest BCUT2D eigenvalue weighted by atomic mass is 10.3. The van der Waals surface area contributed by atoms with E-state index in [9.17, 15) is 4.79 Å². The Hall–Kier alpha value is -1.06. The van der Waals surface area contributed by atoms with Gasteiger partial charge in [0.2, 0.25) is 0 Å². The van der Waals surface area contributed by atoms with Crippen LogP contribution in [0, 0.1) is 5.92 Å². The molecule has 1 aliphatic carbocycles. The van der Waals surface area contributed by atoms with Crippen LogP contribution in [0.1, 0.15) is 18.2 Å². The smallest absolute Gasteiger partial charge is 0.283 e. The summed E-state index contributed by atoms with van der Waals surface area (Å²) in [4.78, 5) is 10.9. The van der Waals surface area contributed by atoms with Crippen LogP contribution in [-0.4, -0.2) is 5.27 Å². The Kier molecular flexibility index (Phi) is 0.560. The van der Waals surface area contributed by atoms with Crippen molar-refractivity contribution < 1.29 is 9.20 Å². The molecule has 3 rings (SSSR count). The Bertz CT molecular complexity index is 338. The molecule has 0 saturated heterocycles. The van der Waals surface area contributed by atoms with Gasteiger partial charge in [0.1, 0.15) is 0 Å². The minimum atomic E-state index is -0.188. The molecule has 4 nitrogen and oxygen atoms in total. The predicted octanol–water partition coefficient (Wildman–Crippen LogP) is -0.628. The third kappa shape index (κ3) is 0.364. The number of nitrogens with one attached hydrogen (secondary N) is 1. The second-order valence-corrected chi connectivity index (χ2v) is 3.06. The summed E-state index contributed by atoms with van der Waals surface area (Å²) < 4.78 is 6.48. The molecule has 0 bridgehead atoms. The van der Waals surface area contributed by atoms with Gasteiger partial charge in [0.05, 0.1) is 6.42 Å². The molecule has 52 valence electrons. The molecule has 1 N–H and O–H groups in total. The van der Waals surface area contributed by atoms with E-state index in [1.807, 2.05) is 4.68 Å². The van der Waals surface area contributed by atoms with Gasteiger partial charge in [0.25, 0.3) is 5.69 Å². The summed E-state index contributed by atoms with van der Waals surface area (Å²) in [6.45, 7) is 0. The monoisotopic (exact) mass is 139 g/mol. The van der Waals surface area contributed by atoms with Crippen LogP contribution in [0.3, 0.4) is 0 Å². The Balaban J connectivity index is 2.33. The zero-order valence-electron chi connectivity index (χ0n) is 5.33. The van der Waals surface area contributed by atoms with E-state index in [-0.39, 0.29) is 5.63 Å². The van der Waals surface area contributed by atoms with E-state index in [4.69, 9.17) is 0 Å². The largest absolute Gasteiger partial charge is 0.429 e. The molecule has 2 heterocycles. The summed E-state index contributed by atoms with van der Waals surface area (Å²) in [5.41, 5.74) is 0.633. The molecule has 1 aromatic heterocycles. The van der Waals surface area contributed by atoms with E-state index < -0.39 is 0 Å². The fraction of sp³-hybridized carbons (Fsp3) is 0.667. The van der Waals surface area contributed by atoms with Crippen molar-refractivity contribution >= 4 is 0 Å². The van der Waals surface area contributed by atoms with Crippen LogP contribution in [0.25, 0.3) is 0 Å². The van der Waals surface area contributed by atoms with Gasteiger partial charge in [-0.2, -0.15) is 0 Å². The van der Waals surface area contributed by atoms with E-state index in [1.165, 1.54) is 6.42 Å². The SMILES string of the molecule is O=c1o[nH][n+]2c1CC1CC12. The lowest BCUT2D eigenvalue weighted by Gasteiger charge is -1.77. The molecular formula is C6H7N2O2+. The summed E-state index contributed by atoms with van der Waals surface area (Å²) in [5.74, 6) is 0.732. The standard InChI is InChI=1S/C6H6N2O2/c9-6-5-2-3-1-4(3)8(5)7-10-6/h3-4H,1-2H2/p+1.